The van der Waals surface area contributed by atoms with E-state index >= 15 is 0 Å². The number of nitrogens with zero attached hydrogens (tertiary/aromatic N) is 1. The zero-order valence-corrected chi connectivity index (χ0v) is 13.1. The molecule has 1 atom stereocenters. The Morgan fingerprint density at radius 3 is 2.47 bits per heavy atom. The molecule has 0 aliphatic carbocycles. The molecule has 2 nitrogen and oxygen atoms in total. The Balaban J connectivity index is 2.11. The van der Waals surface area contributed by atoms with E-state index in [2.05, 4.69) is 36.3 Å². The Morgan fingerprint density at radius 1 is 1.26 bits per heavy atom. The van der Waals surface area contributed by atoms with Crippen molar-refractivity contribution in [3.05, 3.63) is 51.5 Å². The van der Waals surface area contributed by atoms with Crippen molar-refractivity contribution in [3.8, 4) is 0 Å². The highest BCUT2D eigenvalue weighted by Crippen LogP contribution is 2.24. The molecule has 19 heavy (non-hydrogen) atoms. The summed E-state index contributed by atoms with van der Waals surface area (Å²) >= 11 is 7.91. The van der Waals surface area contributed by atoms with Gasteiger partial charge in [0.15, 0.2) is 0 Å². The molecule has 1 N–H and O–H groups in total. The van der Waals surface area contributed by atoms with Gasteiger partial charge in [0.05, 0.1) is 11.2 Å². The fourth-order valence-corrected chi connectivity index (χ4v) is 3.04. The van der Waals surface area contributed by atoms with Crippen LogP contribution in [0.2, 0.25) is 0 Å². The number of hydrogen-bond acceptors (Lipinski definition) is 3. The number of benzene rings is 1. The molecular weight excluding hydrogens is 276 g/mol. The predicted octanol–water partition coefficient (Wildman–Crippen LogP) is 4.00. The minimum absolute atomic E-state index is 0.226. The Bertz CT molecular complexity index is 519. The van der Waals surface area contributed by atoms with Gasteiger partial charge in [-0.05, 0) is 26.3 Å². The van der Waals surface area contributed by atoms with E-state index < -0.39 is 0 Å². The summed E-state index contributed by atoms with van der Waals surface area (Å²) in [5, 5.41) is 4.65. The van der Waals surface area contributed by atoms with E-state index in [1.807, 2.05) is 25.1 Å². The average molecular weight is 295 g/mol. The van der Waals surface area contributed by atoms with Gasteiger partial charge in [0.25, 0.3) is 0 Å². The molecule has 1 heterocycles. The van der Waals surface area contributed by atoms with Crippen molar-refractivity contribution in [2.45, 2.75) is 32.9 Å². The number of thiazole rings is 1. The van der Waals surface area contributed by atoms with Gasteiger partial charge in [-0.25, -0.2) is 4.98 Å². The summed E-state index contributed by atoms with van der Waals surface area (Å²) in [7, 11) is 0. The molecular formula is C15H19ClN2S. The van der Waals surface area contributed by atoms with Gasteiger partial charge in [-0.3, -0.25) is 0 Å². The second kappa shape index (κ2) is 6.04. The lowest BCUT2D eigenvalue weighted by Gasteiger charge is -2.29. The summed E-state index contributed by atoms with van der Waals surface area (Å²) in [6.07, 6.45) is 0. The number of rotatable bonds is 5. The monoisotopic (exact) mass is 294 g/mol. The summed E-state index contributed by atoms with van der Waals surface area (Å²) in [6, 6.07) is 10.3. The molecule has 0 amide bonds. The van der Waals surface area contributed by atoms with Gasteiger partial charge < -0.3 is 5.32 Å². The van der Waals surface area contributed by atoms with Crippen LogP contribution >= 0.6 is 22.9 Å². The maximum atomic E-state index is 6.17. The molecule has 1 unspecified atom stereocenters. The van der Waals surface area contributed by atoms with Crippen LogP contribution in [0.4, 0.5) is 0 Å². The van der Waals surface area contributed by atoms with Crippen molar-refractivity contribution in [3.63, 3.8) is 0 Å². The third kappa shape index (κ3) is 3.35. The molecule has 0 aliphatic heterocycles. The number of alkyl halides is 1. The van der Waals surface area contributed by atoms with E-state index in [0.29, 0.717) is 5.88 Å². The van der Waals surface area contributed by atoms with Crippen LogP contribution in [0.3, 0.4) is 0 Å². The first-order valence-corrected chi connectivity index (χ1v) is 7.70. The molecule has 102 valence electrons. The van der Waals surface area contributed by atoms with Crippen molar-refractivity contribution < 1.29 is 0 Å². The summed E-state index contributed by atoms with van der Waals surface area (Å²) in [5.41, 5.74) is 2.10. The number of aromatic nitrogens is 1. The second-order valence-electron chi connectivity index (χ2n) is 4.93. The standard InChI is InChI=1S/C15H19ClN2S/c1-11-12(2)19-14(18-11)9-17-15(3,10-16)13-7-5-4-6-8-13/h4-8,17H,9-10H2,1-3H3. The summed E-state index contributed by atoms with van der Waals surface area (Å²) in [4.78, 5) is 5.84. The van der Waals surface area contributed by atoms with Crippen LogP contribution in [-0.2, 0) is 12.1 Å². The van der Waals surface area contributed by atoms with Gasteiger partial charge in [0.1, 0.15) is 5.01 Å². The summed E-state index contributed by atoms with van der Waals surface area (Å²) in [5.74, 6) is 0.528. The third-order valence-corrected chi connectivity index (χ3v) is 4.99. The van der Waals surface area contributed by atoms with Crippen molar-refractivity contribution in [1.82, 2.24) is 10.3 Å². The molecule has 0 saturated heterocycles. The van der Waals surface area contributed by atoms with Gasteiger partial charge in [0.2, 0.25) is 0 Å². The highest BCUT2D eigenvalue weighted by Gasteiger charge is 2.25. The molecule has 2 rings (SSSR count). The van der Waals surface area contributed by atoms with E-state index in [9.17, 15) is 0 Å². The van der Waals surface area contributed by atoms with E-state index in [4.69, 9.17) is 11.6 Å². The minimum Gasteiger partial charge on any atom is -0.300 e. The zero-order chi connectivity index (χ0) is 13.9. The fraction of sp³-hybridized carbons (Fsp3) is 0.400. The topological polar surface area (TPSA) is 24.9 Å². The number of hydrogen-bond donors (Lipinski definition) is 1. The quantitative estimate of drug-likeness (QED) is 0.843. The van der Waals surface area contributed by atoms with E-state index in [1.54, 1.807) is 11.3 Å². The van der Waals surface area contributed by atoms with E-state index in [1.165, 1.54) is 10.4 Å². The van der Waals surface area contributed by atoms with Crippen molar-refractivity contribution in [2.75, 3.05) is 5.88 Å². The molecule has 1 aromatic heterocycles. The third-order valence-electron chi connectivity index (χ3n) is 3.38. The van der Waals surface area contributed by atoms with Gasteiger partial charge in [-0.15, -0.1) is 22.9 Å². The second-order valence-corrected chi connectivity index (χ2v) is 6.49. The van der Waals surface area contributed by atoms with Crippen LogP contribution in [0.25, 0.3) is 0 Å². The first-order valence-electron chi connectivity index (χ1n) is 6.34. The highest BCUT2D eigenvalue weighted by atomic mass is 35.5. The Hall–Kier alpha value is -0.900. The van der Waals surface area contributed by atoms with Crippen LogP contribution in [-0.4, -0.2) is 10.9 Å². The lowest BCUT2D eigenvalue weighted by molar-refractivity contribution is 0.406. The molecule has 0 fully saturated rings. The molecule has 4 heteroatoms. The minimum atomic E-state index is -0.226. The van der Waals surface area contributed by atoms with Gasteiger partial charge in [-0.1, -0.05) is 30.3 Å². The predicted molar refractivity (Wildman–Crippen MR) is 82.9 cm³/mol. The van der Waals surface area contributed by atoms with Crippen LogP contribution in [0.1, 0.15) is 28.1 Å². The first kappa shape index (κ1) is 14.5. The molecule has 1 aromatic carbocycles. The maximum absolute atomic E-state index is 6.17. The maximum Gasteiger partial charge on any atom is 0.107 e. The van der Waals surface area contributed by atoms with Crippen LogP contribution in [0.15, 0.2) is 30.3 Å². The molecule has 0 radical (unpaired) electrons. The molecule has 2 aromatic rings. The fourth-order valence-electron chi connectivity index (χ4n) is 1.92. The van der Waals surface area contributed by atoms with Crippen molar-refractivity contribution in [1.29, 1.82) is 0 Å². The molecule has 0 saturated carbocycles. The van der Waals surface area contributed by atoms with Gasteiger partial charge in [-0.2, -0.15) is 0 Å². The van der Waals surface area contributed by atoms with Crippen molar-refractivity contribution >= 4 is 22.9 Å². The number of nitrogens with one attached hydrogen (secondary N) is 1. The average Bonchev–Trinajstić information content (AvgIpc) is 2.76. The van der Waals surface area contributed by atoms with Crippen LogP contribution in [0.5, 0.6) is 0 Å². The number of aryl methyl sites for hydroxylation is 2. The van der Waals surface area contributed by atoms with Crippen LogP contribution < -0.4 is 5.32 Å². The van der Waals surface area contributed by atoms with E-state index in [-0.39, 0.29) is 5.54 Å². The van der Waals surface area contributed by atoms with E-state index in [0.717, 1.165) is 17.2 Å². The molecule has 0 aliphatic rings. The normalized spacial score (nSPS) is 14.3. The lowest BCUT2D eigenvalue weighted by atomic mass is 9.94. The van der Waals surface area contributed by atoms with Crippen LogP contribution in [0, 0.1) is 13.8 Å². The summed E-state index contributed by atoms with van der Waals surface area (Å²) in [6.45, 7) is 7.03. The smallest absolute Gasteiger partial charge is 0.107 e. The largest absolute Gasteiger partial charge is 0.300 e. The number of halogens is 1. The molecule has 0 spiro atoms. The molecule has 0 bridgehead atoms. The lowest BCUT2D eigenvalue weighted by Crippen LogP contribution is -2.40. The van der Waals surface area contributed by atoms with Gasteiger partial charge in [0, 0.05) is 17.3 Å². The van der Waals surface area contributed by atoms with Gasteiger partial charge >= 0.3 is 0 Å². The van der Waals surface area contributed by atoms with Crippen molar-refractivity contribution in [2.24, 2.45) is 0 Å². The highest BCUT2D eigenvalue weighted by molar-refractivity contribution is 7.11. The SMILES string of the molecule is Cc1nc(CNC(C)(CCl)c2ccccc2)sc1C. The Kier molecular flexibility index (Phi) is 4.61. The Morgan fingerprint density at radius 2 is 1.95 bits per heavy atom. The Labute approximate surface area is 123 Å². The first-order chi connectivity index (χ1) is 9.05. The summed E-state index contributed by atoms with van der Waals surface area (Å²) < 4.78 is 0. The zero-order valence-electron chi connectivity index (χ0n) is 11.5.